The number of benzene rings is 2. The van der Waals surface area contributed by atoms with E-state index in [0.717, 1.165) is 27.3 Å². The van der Waals surface area contributed by atoms with Crippen LogP contribution < -0.4 is 0 Å². The molecule has 2 aromatic carbocycles. The molecule has 4 heteroatoms. The number of aliphatic carboxylic acids is 1. The molecule has 0 atom stereocenters. The molecular weight excluding hydrogens is 282 g/mol. The highest BCUT2D eigenvalue weighted by Gasteiger charge is 2.07. The molecule has 0 fully saturated rings. The second-order valence-corrected chi connectivity index (χ2v) is 5.74. The number of nitrogens with zero attached hydrogens (tertiary/aromatic N) is 1. The third-order valence-electron chi connectivity index (χ3n) is 3.12. The molecule has 21 heavy (non-hydrogen) atoms. The lowest BCUT2D eigenvalue weighted by molar-refractivity contribution is -0.136. The fourth-order valence-corrected chi connectivity index (χ4v) is 2.95. The Kier molecular flexibility index (Phi) is 5.02. The molecule has 0 saturated heterocycles. The molecule has 0 amide bonds. The van der Waals surface area contributed by atoms with Crippen LogP contribution in [0, 0.1) is 11.3 Å². The van der Waals surface area contributed by atoms with Gasteiger partial charge in [0.1, 0.15) is 0 Å². The van der Waals surface area contributed by atoms with Crippen molar-refractivity contribution in [3.05, 3.63) is 59.2 Å². The fourth-order valence-electron chi connectivity index (χ4n) is 2.06. The van der Waals surface area contributed by atoms with Crippen molar-refractivity contribution in [2.45, 2.75) is 29.6 Å². The molecule has 0 bridgehead atoms. The van der Waals surface area contributed by atoms with Crippen LogP contribution >= 0.6 is 11.8 Å². The van der Waals surface area contributed by atoms with Crippen molar-refractivity contribution in [2.24, 2.45) is 0 Å². The van der Waals surface area contributed by atoms with E-state index in [4.69, 9.17) is 10.4 Å². The molecule has 0 aliphatic rings. The van der Waals surface area contributed by atoms with Gasteiger partial charge in [0.15, 0.2) is 0 Å². The average molecular weight is 297 g/mol. The number of aryl methyl sites for hydroxylation is 1. The standard InChI is InChI=1S/C17H15NO2S/c1-2-13-9-16(8-5-14(13)10-17(19)20)21-15-6-3-12(11-18)4-7-15/h3-9H,2,10H2,1H3,(H,19,20). The van der Waals surface area contributed by atoms with Crippen molar-refractivity contribution < 1.29 is 9.90 Å². The van der Waals surface area contributed by atoms with Gasteiger partial charge in [-0.1, -0.05) is 24.8 Å². The Labute approximate surface area is 128 Å². The van der Waals surface area contributed by atoms with Crippen LogP contribution in [0.3, 0.4) is 0 Å². The SMILES string of the molecule is CCc1cc(Sc2ccc(C#N)cc2)ccc1CC(=O)O. The minimum Gasteiger partial charge on any atom is -0.481 e. The number of hydrogen-bond acceptors (Lipinski definition) is 3. The summed E-state index contributed by atoms with van der Waals surface area (Å²) in [5, 5.41) is 17.7. The molecule has 0 aliphatic carbocycles. The Balaban J connectivity index is 2.20. The van der Waals surface area contributed by atoms with Crippen LogP contribution in [0.4, 0.5) is 0 Å². The predicted molar refractivity (Wildman–Crippen MR) is 82.4 cm³/mol. The molecule has 0 aromatic heterocycles. The van der Waals surface area contributed by atoms with Gasteiger partial charge in [0.2, 0.25) is 0 Å². The molecule has 0 heterocycles. The molecule has 0 saturated carbocycles. The lowest BCUT2D eigenvalue weighted by Crippen LogP contribution is -2.03. The highest BCUT2D eigenvalue weighted by atomic mass is 32.2. The van der Waals surface area contributed by atoms with Gasteiger partial charge in [0.25, 0.3) is 0 Å². The van der Waals surface area contributed by atoms with E-state index < -0.39 is 5.97 Å². The van der Waals surface area contributed by atoms with Crippen molar-refractivity contribution in [2.75, 3.05) is 0 Å². The summed E-state index contributed by atoms with van der Waals surface area (Å²) in [5.41, 5.74) is 2.58. The summed E-state index contributed by atoms with van der Waals surface area (Å²) in [6.45, 7) is 2.02. The molecule has 3 nitrogen and oxygen atoms in total. The van der Waals surface area contributed by atoms with Crippen molar-refractivity contribution in [1.29, 1.82) is 5.26 Å². The summed E-state index contributed by atoms with van der Waals surface area (Å²) in [4.78, 5) is 13.0. The topological polar surface area (TPSA) is 61.1 Å². The fraction of sp³-hybridized carbons (Fsp3) is 0.176. The highest BCUT2D eigenvalue weighted by Crippen LogP contribution is 2.29. The van der Waals surface area contributed by atoms with Crippen LogP contribution in [0.1, 0.15) is 23.6 Å². The number of rotatable bonds is 5. The molecule has 2 rings (SSSR count). The number of hydrogen-bond donors (Lipinski definition) is 1. The molecular formula is C17H15NO2S. The van der Waals surface area contributed by atoms with Gasteiger partial charge in [-0.2, -0.15) is 5.26 Å². The zero-order chi connectivity index (χ0) is 15.2. The Morgan fingerprint density at radius 1 is 1.14 bits per heavy atom. The molecule has 0 spiro atoms. The summed E-state index contributed by atoms with van der Waals surface area (Å²) in [6, 6.07) is 15.4. The number of carbonyl (C=O) groups is 1. The summed E-state index contributed by atoms with van der Waals surface area (Å²) >= 11 is 1.61. The van der Waals surface area contributed by atoms with E-state index in [-0.39, 0.29) is 6.42 Å². The first-order chi connectivity index (χ1) is 10.1. The minimum atomic E-state index is -0.808. The number of carboxylic acid groups (broad SMARTS) is 1. The zero-order valence-corrected chi connectivity index (χ0v) is 12.5. The zero-order valence-electron chi connectivity index (χ0n) is 11.7. The third kappa shape index (κ3) is 4.11. The van der Waals surface area contributed by atoms with Crippen molar-refractivity contribution in [3.8, 4) is 6.07 Å². The molecule has 1 N–H and O–H groups in total. The molecule has 2 aromatic rings. The monoisotopic (exact) mass is 297 g/mol. The number of nitriles is 1. The second-order valence-electron chi connectivity index (χ2n) is 4.59. The lowest BCUT2D eigenvalue weighted by atomic mass is 10.0. The number of carboxylic acids is 1. The van der Waals surface area contributed by atoms with Crippen LogP contribution in [0.2, 0.25) is 0 Å². The molecule has 0 aliphatic heterocycles. The van der Waals surface area contributed by atoms with Gasteiger partial charge in [-0.3, -0.25) is 4.79 Å². The van der Waals surface area contributed by atoms with E-state index in [1.165, 1.54) is 0 Å². The normalized spacial score (nSPS) is 10.1. The summed E-state index contributed by atoms with van der Waals surface area (Å²) in [7, 11) is 0. The van der Waals surface area contributed by atoms with Gasteiger partial charge >= 0.3 is 5.97 Å². The van der Waals surface area contributed by atoms with E-state index in [1.54, 1.807) is 23.9 Å². The average Bonchev–Trinajstić information content (AvgIpc) is 2.49. The maximum atomic E-state index is 10.8. The maximum Gasteiger partial charge on any atom is 0.307 e. The Bertz CT molecular complexity index is 687. The van der Waals surface area contributed by atoms with Gasteiger partial charge in [-0.15, -0.1) is 0 Å². The van der Waals surface area contributed by atoms with Crippen LogP contribution in [-0.2, 0) is 17.6 Å². The molecule has 106 valence electrons. The van der Waals surface area contributed by atoms with E-state index in [9.17, 15) is 4.79 Å². The van der Waals surface area contributed by atoms with Crippen LogP contribution in [0.15, 0.2) is 52.3 Å². The van der Waals surface area contributed by atoms with E-state index >= 15 is 0 Å². The van der Waals surface area contributed by atoms with Gasteiger partial charge in [-0.25, -0.2) is 0 Å². The summed E-state index contributed by atoms with van der Waals surface area (Å²) in [6.07, 6.45) is 0.870. The van der Waals surface area contributed by atoms with Crippen molar-refractivity contribution in [1.82, 2.24) is 0 Å². The van der Waals surface area contributed by atoms with Gasteiger partial charge in [-0.05, 0) is 53.9 Å². The second kappa shape index (κ2) is 6.96. The Morgan fingerprint density at radius 3 is 2.38 bits per heavy atom. The highest BCUT2D eigenvalue weighted by molar-refractivity contribution is 7.99. The quantitative estimate of drug-likeness (QED) is 0.909. The minimum absolute atomic E-state index is 0.0605. The molecule has 0 unspecified atom stereocenters. The van der Waals surface area contributed by atoms with Gasteiger partial charge < -0.3 is 5.11 Å². The van der Waals surface area contributed by atoms with Crippen LogP contribution in [-0.4, -0.2) is 11.1 Å². The van der Waals surface area contributed by atoms with Gasteiger partial charge in [0, 0.05) is 9.79 Å². The third-order valence-corrected chi connectivity index (χ3v) is 4.12. The first kappa shape index (κ1) is 15.1. The van der Waals surface area contributed by atoms with Crippen molar-refractivity contribution >= 4 is 17.7 Å². The summed E-state index contributed by atoms with van der Waals surface area (Å²) < 4.78 is 0. The Morgan fingerprint density at radius 2 is 1.81 bits per heavy atom. The van der Waals surface area contributed by atoms with Crippen LogP contribution in [0.25, 0.3) is 0 Å². The molecule has 0 radical (unpaired) electrons. The Hall–Kier alpha value is -2.25. The van der Waals surface area contributed by atoms with Crippen LogP contribution in [0.5, 0.6) is 0 Å². The first-order valence-electron chi connectivity index (χ1n) is 6.64. The predicted octanol–water partition coefficient (Wildman–Crippen LogP) is 3.90. The lowest BCUT2D eigenvalue weighted by Gasteiger charge is -2.09. The van der Waals surface area contributed by atoms with E-state index in [2.05, 4.69) is 6.07 Å². The largest absolute Gasteiger partial charge is 0.481 e. The maximum absolute atomic E-state index is 10.8. The van der Waals surface area contributed by atoms with E-state index in [0.29, 0.717) is 5.56 Å². The smallest absolute Gasteiger partial charge is 0.307 e. The van der Waals surface area contributed by atoms with E-state index in [1.807, 2.05) is 37.3 Å². The summed E-state index contributed by atoms with van der Waals surface area (Å²) in [5.74, 6) is -0.808. The van der Waals surface area contributed by atoms with Gasteiger partial charge in [0.05, 0.1) is 18.1 Å². The first-order valence-corrected chi connectivity index (χ1v) is 7.45. The van der Waals surface area contributed by atoms with Crippen molar-refractivity contribution in [3.63, 3.8) is 0 Å².